The largest absolute Gasteiger partial charge is 0.435 e. The number of nitrogens with zero attached hydrogens (tertiary/aromatic N) is 3. The first-order valence-corrected chi connectivity index (χ1v) is 14.7. The van der Waals surface area contributed by atoms with Gasteiger partial charge in [0.25, 0.3) is 5.91 Å². The summed E-state index contributed by atoms with van der Waals surface area (Å²) < 4.78 is 18.4. The van der Waals surface area contributed by atoms with Gasteiger partial charge < -0.3 is 24.4 Å². The third kappa shape index (κ3) is 5.04. The van der Waals surface area contributed by atoms with Crippen molar-refractivity contribution in [1.29, 1.82) is 5.26 Å². The minimum atomic E-state index is -0.881. The molecule has 7 aliphatic rings. The SMILES string of the molecule is CC(C)(C)NC(=O)OC(C(=O)N1[C@H](C#N)C[C@@H]2C[C@@H]21)C12CC3CC(CC(OCCN4CCOCC4)(C3)C1)C2. The van der Waals surface area contributed by atoms with Crippen LogP contribution in [0.15, 0.2) is 0 Å². The van der Waals surface area contributed by atoms with Crippen LogP contribution in [0.1, 0.15) is 72.1 Å². The standard InChI is InChI=1S/C29H44N4O5/c1-27(2,3)31-26(35)38-24(25(34)33-22(17-30)11-21-12-23(21)33)28-13-19-10-20(14-28)16-29(15-19,18-28)37-9-6-32-4-7-36-8-5-32/h19-24H,4-16,18H2,1-3H3,(H,31,35)/t19?,20?,21-,22+,23+,24?,28?,29?/m1/s1. The minimum absolute atomic E-state index is 0.122. The van der Waals surface area contributed by atoms with Crippen molar-refractivity contribution in [1.82, 2.24) is 15.1 Å². The summed E-state index contributed by atoms with van der Waals surface area (Å²) in [6.07, 6.45) is 6.00. The second kappa shape index (κ2) is 9.64. The number of carbonyl (C=O) groups excluding carboxylic acids is 2. The lowest BCUT2D eigenvalue weighted by molar-refractivity contribution is -0.220. The number of rotatable bonds is 7. The number of hydrogen-bond acceptors (Lipinski definition) is 7. The number of hydrogen-bond donors (Lipinski definition) is 1. The Morgan fingerprint density at radius 1 is 1.11 bits per heavy atom. The van der Waals surface area contributed by atoms with Gasteiger partial charge in [0.2, 0.25) is 0 Å². The Kier molecular flexibility index (Phi) is 6.68. The molecule has 2 heterocycles. The lowest BCUT2D eigenvalue weighted by Gasteiger charge is -2.63. The Hall–Kier alpha value is -1.89. The highest BCUT2D eigenvalue weighted by atomic mass is 16.6. The molecular formula is C29H44N4O5. The first kappa shape index (κ1) is 26.3. The van der Waals surface area contributed by atoms with E-state index in [0.717, 1.165) is 77.8 Å². The Balaban J connectivity index is 1.24. The van der Waals surface area contributed by atoms with Crippen molar-refractivity contribution in [3.63, 3.8) is 0 Å². The molecule has 2 aliphatic heterocycles. The lowest BCUT2D eigenvalue weighted by Crippen LogP contribution is -2.64. The molecule has 210 valence electrons. The third-order valence-corrected chi connectivity index (χ3v) is 9.96. The van der Waals surface area contributed by atoms with Gasteiger partial charge >= 0.3 is 6.09 Å². The summed E-state index contributed by atoms with van der Waals surface area (Å²) in [5, 5.41) is 12.7. The van der Waals surface area contributed by atoms with Gasteiger partial charge in [-0.2, -0.15) is 5.26 Å². The van der Waals surface area contributed by atoms with Crippen LogP contribution >= 0.6 is 0 Å². The molecule has 9 nitrogen and oxygen atoms in total. The van der Waals surface area contributed by atoms with Gasteiger partial charge in [-0.3, -0.25) is 9.69 Å². The second-order valence-corrected chi connectivity index (χ2v) is 14.2. The Bertz CT molecular complexity index is 968. The van der Waals surface area contributed by atoms with Gasteiger partial charge in [-0.15, -0.1) is 0 Å². The van der Waals surface area contributed by atoms with Gasteiger partial charge in [-0.25, -0.2) is 4.79 Å². The third-order valence-electron chi connectivity index (χ3n) is 9.96. The molecule has 6 atom stereocenters. The average molecular weight is 529 g/mol. The van der Waals surface area contributed by atoms with Crippen molar-refractivity contribution in [3.8, 4) is 6.07 Å². The van der Waals surface area contributed by atoms with E-state index in [1.54, 1.807) is 4.90 Å². The second-order valence-electron chi connectivity index (χ2n) is 14.2. The quantitative estimate of drug-likeness (QED) is 0.542. The highest BCUT2D eigenvalue weighted by Gasteiger charge is 2.65. The van der Waals surface area contributed by atoms with Crippen LogP contribution < -0.4 is 5.32 Å². The van der Waals surface area contributed by atoms with E-state index in [4.69, 9.17) is 14.2 Å². The van der Waals surface area contributed by atoms with Crippen molar-refractivity contribution >= 4 is 12.0 Å². The van der Waals surface area contributed by atoms with Gasteiger partial charge in [0.15, 0.2) is 6.10 Å². The summed E-state index contributed by atoms with van der Waals surface area (Å²) in [6, 6.07) is 2.05. The van der Waals surface area contributed by atoms with Crippen LogP contribution in [0.3, 0.4) is 0 Å². The van der Waals surface area contributed by atoms with Gasteiger partial charge in [0.1, 0.15) is 6.04 Å². The maximum Gasteiger partial charge on any atom is 0.408 e. The van der Waals surface area contributed by atoms with Crippen molar-refractivity contribution in [2.75, 3.05) is 39.5 Å². The van der Waals surface area contributed by atoms with Crippen molar-refractivity contribution in [2.45, 2.75) is 101 Å². The fourth-order valence-electron chi connectivity index (χ4n) is 8.84. The molecule has 2 amide bonds. The molecule has 5 saturated carbocycles. The van der Waals surface area contributed by atoms with Crippen molar-refractivity contribution in [3.05, 3.63) is 0 Å². The topological polar surface area (TPSA) is 104 Å². The highest BCUT2D eigenvalue weighted by molar-refractivity contribution is 5.86. The van der Waals surface area contributed by atoms with Crippen LogP contribution in [-0.4, -0.2) is 90.6 Å². The number of piperidine rings is 1. The number of fused-ring (bicyclic) bond motifs is 1. The molecule has 0 spiro atoms. The smallest absolute Gasteiger partial charge is 0.408 e. The fourth-order valence-corrected chi connectivity index (χ4v) is 8.84. The molecule has 0 radical (unpaired) electrons. The van der Waals surface area contributed by atoms with E-state index >= 15 is 0 Å². The van der Waals surface area contributed by atoms with Gasteiger partial charge in [-0.1, -0.05) is 0 Å². The summed E-state index contributed by atoms with van der Waals surface area (Å²) in [4.78, 5) is 31.6. The molecule has 5 aliphatic carbocycles. The molecule has 4 bridgehead atoms. The first-order valence-electron chi connectivity index (χ1n) is 14.7. The van der Waals surface area contributed by atoms with Gasteiger partial charge in [0.05, 0.1) is 31.5 Å². The first-order chi connectivity index (χ1) is 18.1. The molecule has 3 unspecified atom stereocenters. The van der Waals surface area contributed by atoms with Crippen LogP contribution in [0.25, 0.3) is 0 Å². The van der Waals surface area contributed by atoms with E-state index in [0.29, 0.717) is 24.4 Å². The zero-order valence-corrected chi connectivity index (χ0v) is 23.2. The van der Waals surface area contributed by atoms with Gasteiger partial charge in [0, 0.05) is 36.6 Å². The van der Waals surface area contributed by atoms with E-state index in [2.05, 4.69) is 16.3 Å². The molecule has 0 aromatic heterocycles. The van der Waals surface area contributed by atoms with Crippen molar-refractivity contribution in [2.24, 2.45) is 23.2 Å². The number of amides is 2. The number of nitrogens with one attached hydrogen (secondary N) is 1. The maximum absolute atomic E-state index is 14.3. The van der Waals surface area contributed by atoms with E-state index in [-0.39, 0.29) is 17.6 Å². The Labute approximate surface area is 226 Å². The molecule has 0 aromatic rings. The number of nitriles is 1. The molecule has 2 saturated heterocycles. The van der Waals surface area contributed by atoms with Crippen LogP contribution in [-0.2, 0) is 19.0 Å². The van der Waals surface area contributed by atoms with E-state index < -0.39 is 29.2 Å². The van der Waals surface area contributed by atoms with Crippen LogP contribution in [0.4, 0.5) is 4.79 Å². The number of carbonyl (C=O) groups is 2. The molecule has 38 heavy (non-hydrogen) atoms. The average Bonchev–Trinajstić information content (AvgIpc) is 3.50. The summed E-state index contributed by atoms with van der Waals surface area (Å²) >= 11 is 0. The summed E-state index contributed by atoms with van der Waals surface area (Å²) in [5.41, 5.74) is -1.18. The normalized spacial score (nSPS) is 40.4. The minimum Gasteiger partial charge on any atom is -0.435 e. The maximum atomic E-state index is 14.3. The number of ether oxygens (including phenoxy) is 3. The van der Waals surface area contributed by atoms with Gasteiger partial charge in [-0.05, 0) is 89.9 Å². The summed E-state index contributed by atoms with van der Waals surface area (Å²) in [5.74, 6) is 1.21. The van der Waals surface area contributed by atoms with Crippen LogP contribution in [0.5, 0.6) is 0 Å². The number of likely N-dealkylation sites (tertiary alicyclic amines) is 1. The number of alkyl carbamates (subject to hydrolysis) is 1. The lowest BCUT2D eigenvalue weighted by atomic mass is 9.46. The molecule has 0 aromatic carbocycles. The zero-order chi connectivity index (χ0) is 26.7. The fraction of sp³-hybridized carbons (Fsp3) is 0.897. The molecule has 7 fully saturated rings. The predicted molar refractivity (Wildman–Crippen MR) is 139 cm³/mol. The van der Waals surface area contributed by atoms with Crippen LogP contribution in [0.2, 0.25) is 0 Å². The molecule has 9 heteroatoms. The number of morpholine rings is 1. The van der Waals surface area contributed by atoms with E-state index in [1.165, 1.54) is 6.42 Å². The Morgan fingerprint density at radius 3 is 2.47 bits per heavy atom. The summed E-state index contributed by atoms with van der Waals surface area (Å²) in [6.45, 7) is 10.7. The molecular weight excluding hydrogens is 484 g/mol. The highest BCUT2D eigenvalue weighted by Crippen LogP contribution is 2.65. The zero-order valence-electron chi connectivity index (χ0n) is 23.2. The van der Waals surface area contributed by atoms with Crippen molar-refractivity contribution < 1.29 is 23.8 Å². The molecule has 1 N–H and O–H groups in total. The molecule has 7 rings (SSSR count). The summed E-state index contributed by atoms with van der Waals surface area (Å²) in [7, 11) is 0. The van der Waals surface area contributed by atoms with E-state index in [1.807, 2.05) is 20.8 Å². The monoisotopic (exact) mass is 528 g/mol. The van der Waals surface area contributed by atoms with E-state index in [9.17, 15) is 14.9 Å². The van der Waals surface area contributed by atoms with Crippen LogP contribution in [0, 0.1) is 34.5 Å². The predicted octanol–water partition coefficient (Wildman–Crippen LogP) is 3.08. The Morgan fingerprint density at radius 2 is 1.82 bits per heavy atom.